The van der Waals surface area contributed by atoms with Gasteiger partial charge in [-0.05, 0) is 23.6 Å². The molecular weight excluding hydrogens is 322 g/mol. The minimum absolute atomic E-state index is 0.122. The van der Waals surface area contributed by atoms with Crippen LogP contribution < -0.4 is 10.1 Å². The summed E-state index contributed by atoms with van der Waals surface area (Å²) >= 11 is 3.36. The van der Waals surface area contributed by atoms with Gasteiger partial charge in [0.15, 0.2) is 0 Å². The molecular formula is C15H22BrNO3. The lowest BCUT2D eigenvalue weighted by Gasteiger charge is -2.25. The number of carbonyl (C=O) groups is 1. The predicted octanol–water partition coefficient (Wildman–Crippen LogP) is 2.74. The fraction of sp³-hybridized carbons (Fsp3) is 0.533. The highest BCUT2D eigenvalue weighted by molar-refractivity contribution is 9.10. The molecule has 1 unspecified atom stereocenters. The molecule has 20 heavy (non-hydrogen) atoms. The van der Waals surface area contributed by atoms with Crippen molar-refractivity contribution >= 4 is 21.8 Å². The van der Waals surface area contributed by atoms with E-state index in [1.807, 2.05) is 45.0 Å². The molecule has 0 bridgehead atoms. The average Bonchev–Trinajstić information content (AvgIpc) is 2.35. The number of halogens is 1. The monoisotopic (exact) mass is 343 g/mol. The normalized spacial score (nSPS) is 12.8. The molecule has 4 nitrogen and oxygen atoms in total. The third kappa shape index (κ3) is 6.39. The molecule has 0 saturated carbocycles. The molecule has 5 heteroatoms. The van der Waals surface area contributed by atoms with Gasteiger partial charge < -0.3 is 15.2 Å². The van der Waals surface area contributed by atoms with Gasteiger partial charge in [0.05, 0.1) is 19.1 Å². The minimum atomic E-state index is -0.558. The van der Waals surface area contributed by atoms with Crippen LogP contribution in [0.3, 0.4) is 0 Å². The topological polar surface area (TPSA) is 58.6 Å². The van der Waals surface area contributed by atoms with E-state index in [0.29, 0.717) is 6.61 Å². The number of rotatable bonds is 6. The summed E-state index contributed by atoms with van der Waals surface area (Å²) in [6.45, 7) is 6.37. The van der Waals surface area contributed by atoms with Crippen LogP contribution in [-0.2, 0) is 4.79 Å². The van der Waals surface area contributed by atoms with Crippen molar-refractivity contribution in [2.45, 2.75) is 33.3 Å². The Labute approximate surface area is 128 Å². The molecule has 0 spiro atoms. The highest BCUT2D eigenvalue weighted by Crippen LogP contribution is 2.18. The van der Waals surface area contributed by atoms with Gasteiger partial charge in [-0.2, -0.15) is 0 Å². The number of benzene rings is 1. The van der Waals surface area contributed by atoms with Crippen LogP contribution in [-0.4, -0.2) is 30.3 Å². The van der Waals surface area contributed by atoms with Gasteiger partial charge in [0.1, 0.15) is 5.75 Å². The highest BCUT2D eigenvalue weighted by atomic mass is 79.9. The smallest absolute Gasteiger partial charge is 0.223 e. The molecule has 1 amide bonds. The van der Waals surface area contributed by atoms with E-state index in [1.165, 1.54) is 0 Å². The maximum Gasteiger partial charge on any atom is 0.223 e. The summed E-state index contributed by atoms with van der Waals surface area (Å²) < 4.78 is 6.42. The van der Waals surface area contributed by atoms with E-state index in [2.05, 4.69) is 21.2 Å². The number of aliphatic hydroxyl groups excluding tert-OH is 1. The van der Waals surface area contributed by atoms with Crippen molar-refractivity contribution in [1.82, 2.24) is 5.32 Å². The summed E-state index contributed by atoms with van der Waals surface area (Å²) in [4.78, 5) is 11.6. The number of nitrogens with one attached hydrogen (secondary N) is 1. The molecule has 0 radical (unpaired) electrons. The zero-order chi connectivity index (χ0) is 15.2. The first-order valence-electron chi connectivity index (χ1n) is 6.62. The number of ether oxygens (including phenoxy) is 1. The lowest BCUT2D eigenvalue weighted by Crippen LogP contribution is -2.39. The zero-order valence-corrected chi connectivity index (χ0v) is 13.7. The van der Waals surface area contributed by atoms with E-state index >= 15 is 0 Å². The highest BCUT2D eigenvalue weighted by Gasteiger charge is 2.22. The predicted molar refractivity (Wildman–Crippen MR) is 82.7 cm³/mol. The molecule has 112 valence electrons. The second kappa shape index (κ2) is 7.64. The number of aliphatic hydroxyl groups is 1. The van der Waals surface area contributed by atoms with E-state index in [4.69, 9.17) is 4.74 Å². The number of hydrogen-bond donors (Lipinski definition) is 2. The Morgan fingerprint density at radius 3 is 2.75 bits per heavy atom. The summed E-state index contributed by atoms with van der Waals surface area (Å²) in [6, 6.07) is 7.47. The largest absolute Gasteiger partial charge is 0.493 e. The van der Waals surface area contributed by atoms with Gasteiger partial charge in [0.2, 0.25) is 5.91 Å². The zero-order valence-electron chi connectivity index (χ0n) is 12.1. The van der Waals surface area contributed by atoms with E-state index in [-0.39, 0.29) is 24.3 Å². The summed E-state index contributed by atoms with van der Waals surface area (Å²) in [7, 11) is 0. The first kappa shape index (κ1) is 17.0. The van der Waals surface area contributed by atoms with Crippen molar-refractivity contribution in [3.05, 3.63) is 28.7 Å². The fourth-order valence-corrected chi connectivity index (χ4v) is 1.80. The summed E-state index contributed by atoms with van der Waals surface area (Å²) in [5.41, 5.74) is -0.236. The molecule has 0 aliphatic carbocycles. The molecule has 0 saturated heterocycles. The van der Waals surface area contributed by atoms with Crippen molar-refractivity contribution in [1.29, 1.82) is 0 Å². The molecule has 0 aliphatic heterocycles. The second-order valence-corrected chi connectivity index (χ2v) is 6.66. The van der Waals surface area contributed by atoms with Gasteiger partial charge in [0.25, 0.3) is 0 Å². The first-order valence-corrected chi connectivity index (χ1v) is 7.41. The Morgan fingerprint density at radius 2 is 2.15 bits per heavy atom. The van der Waals surface area contributed by atoms with Gasteiger partial charge >= 0.3 is 0 Å². The summed E-state index contributed by atoms with van der Waals surface area (Å²) in [6.07, 6.45) is -0.291. The van der Waals surface area contributed by atoms with Crippen LogP contribution in [0.4, 0.5) is 0 Å². The Morgan fingerprint density at radius 1 is 1.45 bits per heavy atom. The van der Waals surface area contributed by atoms with Gasteiger partial charge in [-0.15, -0.1) is 0 Å². The third-order valence-electron chi connectivity index (χ3n) is 2.89. The molecule has 0 fully saturated rings. The Hall–Kier alpha value is -1.07. The number of carbonyl (C=O) groups excluding carboxylic acids is 1. The standard InChI is InChI=1S/C15H22BrNO3/c1-15(2,3)13(18)10-17-14(19)7-8-20-12-6-4-5-11(16)9-12/h4-6,9,13,18H,7-8,10H2,1-3H3,(H,17,19). The third-order valence-corrected chi connectivity index (χ3v) is 3.38. The van der Waals surface area contributed by atoms with Crippen LogP contribution in [0.1, 0.15) is 27.2 Å². The number of amides is 1. The van der Waals surface area contributed by atoms with Crippen molar-refractivity contribution in [2.75, 3.05) is 13.2 Å². The van der Waals surface area contributed by atoms with Gasteiger partial charge in [0, 0.05) is 11.0 Å². The maximum atomic E-state index is 11.6. The average molecular weight is 344 g/mol. The molecule has 1 aromatic rings. The van der Waals surface area contributed by atoms with Crippen molar-refractivity contribution in [3.63, 3.8) is 0 Å². The fourth-order valence-electron chi connectivity index (χ4n) is 1.42. The van der Waals surface area contributed by atoms with Crippen molar-refractivity contribution in [2.24, 2.45) is 5.41 Å². The molecule has 1 rings (SSSR count). The SMILES string of the molecule is CC(C)(C)C(O)CNC(=O)CCOc1cccc(Br)c1. The summed E-state index contributed by atoms with van der Waals surface area (Å²) in [5.74, 6) is 0.602. The Kier molecular flexibility index (Phi) is 6.49. The lowest BCUT2D eigenvalue weighted by molar-refractivity contribution is -0.122. The van der Waals surface area contributed by atoms with Crippen LogP contribution in [0.5, 0.6) is 5.75 Å². The van der Waals surface area contributed by atoms with E-state index < -0.39 is 6.10 Å². The quantitative estimate of drug-likeness (QED) is 0.834. The molecule has 0 aliphatic rings. The van der Waals surface area contributed by atoms with Crippen LogP contribution in [0.2, 0.25) is 0 Å². The second-order valence-electron chi connectivity index (χ2n) is 5.74. The van der Waals surface area contributed by atoms with Crippen LogP contribution in [0, 0.1) is 5.41 Å². The molecule has 2 N–H and O–H groups in total. The lowest BCUT2D eigenvalue weighted by atomic mass is 9.89. The Bertz CT molecular complexity index is 443. The van der Waals surface area contributed by atoms with Gasteiger partial charge in [-0.25, -0.2) is 0 Å². The van der Waals surface area contributed by atoms with Crippen molar-refractivity contribution < 1.29 is 14.6 Å². The molecule has 1 atom stereocenters. The first-order chi connectivity index (χ1) is 9.29. The molecule has 1 aromatic carbocycles. The molecule has 0 aromatic heterocycles. The van der Waals surface area contributed by atoms with Crippen molar-refractivity contribution in [3.8, 4) is 5.75 Å². The van der Waals surface area contributed by atoms with Crippen LogP contribution >= 0.6 is 15.9 Å². The van der Waals surface area contributed by atoms with E-state index in [0.717, 1.165) is 10.2 Å². The van der Waals surface area contributed by atoms with Crippen LogP contribution in [0.15, 0.2) is 28.7 Å². The Balaban J connectivity index is 2.24. The van der Waals surface area contributed by atoms with E-state index in [1.54, 1.807) is 0 Å². The van der Waals surface area contributed by atoms with E-state index in [9.17, 15) is 9.90 Å². The van der Waals surface area contributed by atoms with Crippen LogP contribution in [0.25, 0.3) is 0 Å². The number of hydrogen-bond acceptors (Lipinski definition) is 3. The molecule has 0 heterocycles. The minimum Gasteiger partial charge on any atom is -0.493 e. The van der Waals surface area contributed by atoms with Gasteiger partial charge in [-0.3, -0.25) is 4.79 Å². The summed E-state index contributed by atoms with van der Waals surface area (Å²) in [5, 5.41) is 12.5. The maximum absolute atomic E-state index is 11.6. The van der Waals surface area contributed by atoms with Gasteiger partial charge in [-0.1, -0.05) is 42.8 Å².